The van der Waals surface area contributed by atoms with Crippen LogP contribution in [0.15, 0.2) is 6.20 Å². The quantitative estimate of drug-likeness (QED) is 0.839. The lowest BCUT2D eigenvalue weighted by Crippen LogP contribution is -2.55. The smallest absolute Gasteiger partial charge is 0.257 e. The third kappa shape index (κ3) is 2.79. The molecule has 1 aliphatic heterocycles. The van der Waals surface area contributed by atoms with E-state index >= 15 is 0 Å². The largest absolute Gasteiger partial charge is 0.394 e. The Morgan fingerprint density at radius 1 is 1.63 bits per heavy atom. The summed E-state index contributed by atoms with van der Waals surface area (Å²) in [6.45, 7) is 6.55. The van der Waals surface area contributed by atoms with Gasteiger partial charge in [-0.2, -0.15) is 5.10 Å². The van der Waals surface area contributed by atoms with Crippen molar-refractivity contribution in [2.75, 3.05) is 19.7 Å². The maximum Gasteiger partial charge on any atom is 0.257 e. The summed E-state index contributed by atoms with van der Waals surface area (Å²) in [6, 6.07) is 0. The number of morpholine rings is 1. The van der Waals surface area contributed by atoms with E-state index < -0.39 is 5.60 Å². The minimum atomic E-state index is -0.447. The van der Waals surface area contributed by atoms with Gasteiger partial charge in [0, 0.05) is 25.8 Å². The maximum absolute atomic E-state index is 12.5. The number of carbonyl (C=O) groups is 1. The molecule has 1 atom stereocenters. The van der Waals surface area contributed by atoms with Gasteiger partial charge in [0.2, 0.25) is 0 Å². The Balaban J connectivity index is 2.21. The second kappa shape index (κ2) is 4.94. The molecule has 0 spiro atoms. The fourth-order valence-electron chi connectivity index (χ4n) is 2.42. The van der Waals surface area contributed by atoms with Gasteiger partial charge in [-0.25, -0.2) is 0 Å². The lowest BCUT2D eigenvalue weighted by molar-refractivity contribution is -0.139. The molecule has 1 amide bonds. The molecule has 6 heteroatoms. The van der Waals surface area contributed by atoms with E-state index in [2.05, 4.69) is 5.10 Å². The van der Waals surface area contributed by atoms with Gasteiger partial charge in [-0.15, -0.1) is 0 Å². The van der Waals surface area contributed by atoms with Crippen LogP contribution in [-0.4, -0.2) is 57.1 Å². The van der Waals surface area contributed by atoms with Crippen LogP contribution in [0.25, 0.3) is 0 Å². The molecule has 0 aliphatic carbocycles. The number of ether oxygens (including phenoxy) is 1. The summed E-state index contributed by atoms with van der Waals surface area (Å²) in [6.07, 6.45) is 1.26. The SMILES string of the molecule is Cc1c(C(=O)N2CC(CO)OC(C)(C)C2)cnn1C. The lowest BCUT2D eigenvalue weighted by Gasteiger charge is -2.42. The van der Waals surface area contributed by atoms with Crippen molar-refractivity contribution in [2.45, 2.75) is 32.5 Å². The van der Waals surface area contributed by atoms with Crippen LogP contribution in [0.2, 0.25) is 0 Å². The number of hydrogen-bond acceptors (Lipinski definition) is 4. The second-order valence-electron chi connectivity index (χ2n) is 5.64. The molecule has 0 aromatic carbocycles. The van der Waals surface area contributed by atoms with E-state index in [4.69, 9.17) is 4.74 Å². The molecule has 1 fully saturated rings. The molecule has 1 aliphatic rings. The Morgan fingerprint density at radius 2 is 2.32 bits per heavy atom. The predicted molar refractivity (Wildman–Crippen MR) is 69.9 cm³/mol. The van der Waals surface area contributed by atoms with Crippen LogP contribution in [0.4, 0.5) is 0 Å². The Bertz CT molecular complexity index is 481. The first-order valence-corrected chi connectivity index (χ1v) is 6.40. The molecule has 1 aromatic heterocycles. The molecule has 0 bridgehead atoms. The van der Waals surface area contributed by atoms with Crippen LogP contribution in [0.3, 0.4) is 0 Å². The summed E-state index contributed by atoms with van der Waals surface area (Å²) >= 11 is 0. The first-order chi connectivity index (χ1) is 8.84. The van der Waals surface area contributed by atoms with Crippen molar-refractivity contribution in [3.63, 3.8) is 0 Å². The summed E-state index contributed by atoms with van der Waals surface area (Å²) in [7, 11) is 1.81. The molecule has 1 N–H and O–H groups in total. The van der Waals surface area contributed by atoms with Crippen molar-refractivity contribution in [3.05, 3.63) is 17.5 Å². The molecule has 1 unspecified atom stereocenters. The van der Waals surface area contributed by atoms with E-state index in [1.165, 1.54) is 0 Å². The topological polar surface area (TPSA) is 67.6 Å². The van der Waals surface area contributed by atoms with Gasteiger partial charge in [0.1, 0.15) is 0 Å². The average molecular weight is 267 g/mol. The number of rotatable bonds is 2. The summed E-state index contributed by atoms with van der Waals surface area (Å²) < 4.78 is 7.39. The third-order valence-electron chi connectivity index (χ3n) is 3.44. The number of aromatic nitrogens is 2. The van der Waals surface area contributed by atoms with Crippen molar-refractivity contribution in [1.82, 2.24) is 14.7 Å². The van der Waals surface area contributed by atoms with Gasteiger partial charge in [-0.1, -0.05) is 0 Å². The Labute approximate surface area is 113 Å². The predicted octanol–water partition coefficient (Wildman–Crippen LogP) is 0.340. The molecule has 1 aromatic rings. The highest BCUT2D eigenvalue weighted by molar-refractivity contribution is 5.95. The van der Waals surface area contributed by atoms with Crippen molar-refractivity contribution in [3.8, 4) is 0 Å². The molecular formula is C13H21N3O3. The van der Waals surface area contributed by atoms with E-state index in [-0.39, 0.29) is 18.6 Å². The number of nitrogens with zero attached hydrogens (tertiary/aromatic N) is 3. The zero-order chi connectivity index (χ0) is 14.2. The van der Waals surface area contributed by atoms with E-state index in [9.17, 15) is 9.90 Å². The molecule has 106 valence electrons. The Hall–Kier alpha value is -1.40. The van der Waals surface area contributed by atoms with Crippen molar-refractivity contribution in [1.29, 1.82) is 0 Å². The van der Waals surface area contributed by atoms with Crippen LogP contribution in [0, 0.1) is 6.92 Å². The maximum atomic E-state index is 12.5. The van der Waals surface area contributed by atoms with Crippen LogP contribution < -0.4 is 0 Å². The molecule has 0 saturated carbocycles. The fraction of sp³-hybridized carbons (Fsp3) is 0.692. The molecule has 2 heterocycles. The minimum Gasteiger partial charge on any atom is -0.394 e. The number of aryl methyl sites for hydroxylation is 1. The lowest BCUT2D eigenvalue weighted by atomic mass is 10.0. The van der Waals surface area contributed by atoms with Crippen molar-refractivity contribution >= 4 is 5.91 Å². The second-order valence-corrected chi connectivity index (χ2v) is 5.64. The molecule has 0 radical (unpaired) electrons. The molecule has 6 nitrogen and oxygen atoms in total. The summed E-state index contributed by atoms with van der Waals surface area (Å²) in [5.74, 6) is -0.0552. The van der Waals surface area contributed by atoms with Gasteiger partial charge in [0.05, 0.1) is 30.1 Å². The van der Waals surface area contributed by atoms with E-state index in [1.54, 1.807) is 15.8 Å². The zero-order valence-electron chi connectivity index (χ0n) is 11.9. The average Bonchev–Trinajstić information content (AvgIpc) is 2.67. The standard InChI is InChI=1S/C13H21N3O3/c1-9-11(5-14-15(9)4)12(18)16-6-10(7-17)19-13(2,3)8-16/h5,10,17H,6-8H2,1-4H3. The summed E-state index contributed by atoms with van der Waals surface area (Å²) in [4.78, 5) is 14.2. The first kappa shape index (κ1) is 14.0. The van der Waals surface area contributed by atoms with Crippen LogP contribution in [0.5, 0.6) is 0 Å². The molecule has 19 heavy (non-hydrogen) atoms. The van der Waals surface area contributed by atoms with Crippen LogP contribution in [-0.2, 0) is 11.8 Å². The van der Waals surface area contributed by atoms with E-state index in [0.29, 0.717) is 18.7 Å². The summed E-state index contributed by atoms with van der Waals surface area (Å²) in [5, 5.41) is 13.4. The van der Waals surface area contributed by atoms with Gasteiger partial charge in [0.25, 0.3) is 5.91 Å². The van der Waals surface area contributed by atoms with Crippen LogP contribution >= 0.6 is 0 Å². The third-order valence-corrected chi connectivity index (χ3v) is 3.44. The molecular weight excluding hydrogens is 246 g/mol. The Morgan fingerprint density at radius 3 is 2.84 bits per heavy atom. The molecule has 2 rings (SSSR count). The number of carbonyl (C=O) groups excluding carboxylic acids is 1. The van der Waals surface area contributed by atoms with Crippen LogP contribution in [0.1, 0.15) is 29.9 Å². The Kier molecular flexibility index (Phi) is 3.64. The first-order valence-electron chi connectivity index (χ1n) is 6.40. The van der Waals surface area contributed by atoms with Gasteiger partial charge in [-0.05, 0) is 20.8 Å². The van der Waals surface area contributed by atoms with E-state index in [0.717, 1.165) is 5.69 Å². The van der Waals surface area contributed by atoms with Gasteiger partial charge in [0.15, 0.2) is 0 Å². The van der Waals surface area contributed by atoms with Crippen molar-refractivity contribution < 1.29 is 14.6 Å². The van der Waals surface area contributed by atoms with Gasteiger partial charge < -0.3 is 14.7 Å². The normalized spacial score (nSPS) is 22.6. The van der Waals surface area contributed by atoms with Gasteiger partial charge >= 0.3 is 0 Å². The van der Waals surface area contributed by atoms with Gasteiger partial charge in [-0.3, -0.25) is 9.48 Å². The monoisotopic (exact) mass is 267 g/mol. The highest BCUT2D eigenvalue weighted by Crippen LogP contribution is 2.23. The number of aliphatic hydroxyl groups is 1. The zero-order valence-corrected chi connectivity index (χ0v) is 11.9. The highest BCUT2D eigenvalue weighted by atomic mass is 16.5. The van der Waals surface area contributed by atoms with Crippen molar-refractivity contribution in [2.24, 2.45) is 7.05 Å². The molecule has 1 saturated heterocycles. The minimum absolute atomic E-state index is 0.0552. The fourth-order valence-corrected chi connectivity index (χ4v) is 2.42. The van der Waals surface area contributed by atoms with E-state index in [1.807, 2.05) is 27.8 Å². The summed E-state index contributed by atoms with van der Waals surface area (Å²) in [5.41, 5.74) is 1.00. The number of hydrogen-bond donors (Lipinski definition) is 1. The number of amides is 1. The number of aliphatic hydroxyl groups excluding tert-OH is 1. The highest BCUT2D eigenvalue weighted by Gasteiger charge is 2.36.